The van der Waals surface area contributed by atoms with Crippen LogP contribution in [0.3, 0.4) is 0 Å². The molecule has 0 saturated heterocycles. The van der Waals surface area contributed by atoms with Crippen molar-refractivity contribution in [2.75, 3.05) is 0 Å². The molecule has 0 bridgehead atoms. The van der Waals surface area contributed by atoms with Gasteiger partial charge in [0.15, 0.2) is 11.6 Å². The Morgan fingerprint density at radius 1 is 1.29 bits per heavy atom. The number of nitrogens with one attached hydrogen (secondary N) is 1. The summed E-state index contributed by atoms with van der Waals surface area (Å²) in [6, 6.07) is 2.50. The molecule has 1 aromatic rings. The molecule has 2 N–H and O–H groups in total. The van der Waals surface area contributed by atoms with E-state index < -0.39 is 29.6 Å². The predicted octanol–water partition coefficient (Wildman–Crippen LogP) is 2.51. The van der Waals surface area contributed by atoms with Crippen molar-refractivity contribution in [3.05, 3.63) is 35.4 Å². The number of carboxylic acid groups (broad SMARTS) is 1. The van der Waals surface area contributed by atoms with Crippen LogP contribution in [-0.2, 0) is 16.0 Å². The number of hydrogen-bond acceptors (Lipinski definition) is 2. The first-order valence-electron chi connectivity index (χ1n) is 6.81. The standard InChI is InChI=1S/C15H19F2NO3/c1-3-9(2)14(15(20)21)18-13(19)7-5-10-4-6-11(16)12(17)8-10/h4,6,8-9,14H,3,5,7H2,1-2H3,(H,18,19)(H,20,21)/t9-,14-/m0/s1. The van der Waals surface area contributed by atoms with Gasteiger partial charge in [-0.3, -0.25) is 4.79 Å². The van der Waals surface area contributed by atoms with Crippen LogP contribution >= 0.6 is 0 Å². The highest BCUT2D eigenvalue weighted by Gasteiger charge is 2.24. The number of halogens is 2. The fourth-order valence-electron chi connectivity index (χ4n) is 1.88. The minimum absolute atomic E-state index is 0.0191. The minimum atomic E-state index is -1.08. The summed E-state index contributed by atoms with van der Waals surface area (Å²) >= 11 is 0. The number of aryl methyl sites for hydroxylation is 1. The average molecular weight is 299 g/mol. The number of carboxylic acids is 1. The van der Waals surface area contributed by atoms with Gasteiger partial charge in [0.1, 0.15) is 6.04 Å². The molecule has 0 heterocycles. The second kappa shape index (κ2) is 7.71. The molecular weight excluding hydrogens is 280 g/mol. The lowest BCUT2D eigenvalue weighted by Crippen LogP contribution is -2.45. The summed E-state index contributed by atoms with van der Waals surface area (Å²) in [7, 11) is 0. The fourth-order valence-corrected chi connectivity index (χ4v) is 1.88. The van der Waals surface area contributed by atoms with Crippen LogP contribution < -0.4 is 5.32 Å². The second-order valence-electron chi connectivity index (χ2n) is 5.02. The molecular formula is C15H19F2NO3. The Kier molecular flexibility index (Phi) is 6.27. The third kappa shape index (κ3) is 5.13. The van der Waals surface area contributed by atoms with E-state index >= 15 is 0 Å². The lowest BCUT2D eigenvalue weighted by molar-refractivity contribution is -0.143. The van der Waals surface area contributed by atoms with Crippen LogP contribution in [0.1, 0.15) is 32.3 Å². The normalized spacial score (nSPS) is 13.5. The summed E-state index contributed by atoms with van der Waals surface area (Å²) in [6.45, 7) is 3.59. The lowest BCUT2D eigenvalue weighted by Gasteiger charge is -2.20. The molecule has 0 unspecified atom stereocenters. The van der Waals surface area contributed by atoms with Gasteiger partial charge < -0.3 is 10.4 Å². The predicted molar refractivity (Wildman–Crippen MR) is 73.7 cm³/mol. The maximum Gasteiger partial charge on any atom is 0.326 e. The number of carbonyl (C=O) groups excluding carboxylic acids is 1. The molecule has 0 fully saturated rings. The van der Waals surface area contributed by atoms with Crippen molar-refractivity contribution in [2.24, 2.45) is 5.92 Å². The zero-order valence-electron chi connectivity index (χ0n) is 12.0. The summed E-state index contributed by atoms with van der Waals surface area (Å²) in [5.41, 5.74) is 0.486. The van der Waals surface area contributed by atoms with E-state index in [0.717, 1.165) is 12.1 Å². The highest BCUT2D eigenvalue weighted by Crippen LogP contribution is 2.11. The Labute approximate surface area is 122 Å². The zero-order valence-corrected chi connectivity index (χ0v) is 12.0. The van der Waals surface area contributed by atoms with Gasteiger partial charge in [-0.15, -0.1) is 0 Å². The summed E-state index contributed by atoms with van der Waals surface area (Å²) in [5, 5.41) is 11.5. The van der Waals surface area contributed by atoms with Crippen molar-refractivity contribution < 1.29 is 23.5 Å². The van der Waals surface area contributed by atoms with Gasteiger partial charge in [-0.2, -0.15) is 0 Å². The fraction of sp³-hybridized carbons (Fsp3) is 0.467. The number of benzene rings is 1. The van der Waals surface area contributed by atoms with E-state index in [-0.39, 0.29) is 18.8 Å². The van der Waals surface area contributed by atoms with Gasteiger partial charge in [0.25, 0.3) is 0 Å². The molecule has 0 aliphatic heterocycles. The zero-order chi connectivity index (χ0) is 16.0. The molecule has 1 rings (SSSR count). The Morgan fingerprint density at radius 2 is 1.95 bits per heavy atom. The summed E-state index contributed by atoms with van der Waals surface area (Å²) in [6.07, 6.45) is 0.863. The van der Waals surface area contributed by atoms with E-state index in [1.807, 2.05) is 6.92 Å². The van der Waals surface area contributed by atoms with Crippen molar-refractivity contribution >= 4 is 11.9 Å². The quantitative estimate of drug-likeness (QED) is 0.813. The average Bonchev–Trinajstić information content (AvgIpc) is 2.44. The Morgan fingerprint density at radius 3 is 2.48 bits per heavy atom. The number of hydrogen-bond donors (Lipinski definition) is 2. The maximum absolute atomic E-state index is 13.0. The van der Waals surface area contributed by atoms with Crippen molar-refractivity contribution in [2.45, 2.75) is 39.2 Å². The third-order valence-electron chi connectivity index (χ3n) is 3.42. The molecule has 6 heteroatoms. The number of amides is 1. The van der Waals surface area contributed by atoms with Crippen LogP contribution in [-0.4, -0.2) is 23.0 Å². The molecule has 21 heavy (non-hydrogen) atoms. The van der Waals surface area contributed by atoms with E-state index in [1.165, 1.54) is 6.07 Å². The van der Waals surface area contributed by atoms with E-state index in [9.17, 15) is 18.4 Å². The largest absolute Gasteiger partial charge is 0.480 e. The summed E-state index contributed by atoms with van der Waals surface area (Å²) in [4.78, 5) is 22.8. The molecule has 4 nitrogen and oxygen atoms in total. The van der Waals surface area contributed by atoms with Gasteiger partial charge in [-0.25, -0.2) is 13.6 Å². The highest BCUT2D eigenvalue weighted by atomic mass is 19.2. The van der Waals surface area contributed by atoms with Crippen molar-refractivity contribution in [1.29, 1.82) is 0 Å². The molecule has 0 aromatic heterocycles. The first-order valence-corrected chi connectivity index (χ1v) is 6.81. The number of aliphatic carboxylic acids is 1. The molecule has 116 valence electrons. The van der Waals surface area contributed by atoms with Gasteiger partial charge in [0, 0.05) is 6.42 Å². The van der Waals surface area contributed by atoms with Gasteiger partial charge in [-0.05, 0) is 30.0 Å². The molecule has 1 amide bonds. The molecule has 0 radical (unpaired) electrons. The SMILES string of the molecule is CC[C@H](C)[C@H](NC(=O)CCc1ccc(F)c(F)c1)C(=O)O. The van der Waals surface area contributed by atoms with E-state index in [1.54, 1.807) is 6.92 Å². The Hall–Kier alpha value is -1.98. The Balaban J connectivity index is 2.56. The Bertz CT molecular complexity index is 520. The van der Waals surface area contributed by atoms with Crippen LogP contribution in [0.4, 0.5) is 8.78 Å². The van der Waals surface area contributed by atoms with Gasteiger partial charge >= 0.3 is 5.97 Å². The smallest absolute Gasteiger partial charge is 0.326 e. The summed E-state index contributed by atoms with van der Waals surface area (Å²) in [5.74, 6) is -3.59. The van der Waals surface area contributed by atoms with Crippen LogP contribution in [0.25, 0.3) is 0 Å². The molecule has 0 saturated carbocycles. The highest BCUT2D eigenvalue weighted by molar-refractivity contribution is 5.83. The first kappa shape index (κ1) is 17.1. The van der Waals surface area contributed by atoms with E-state index in [0.29, 0.717) is 12.0 Å². The molecule has 0 aliphatic carbocycles. The van der Waals surface area contributed by atoms with Crippen molar-refractivity contribution in [1.82, 2.24) is 5.32 Å². The lowest BCUT2D eigenvalue weighted by atomic mass is 9.99. The van der Waals surface area contributed by atoms with Crippen molar-refractivity contribution in [3.63, 3.8) is 0 Å². The molecule has 1 aromatic carbocycles. The number of rotatable bonds is 7. The summed E-state index contributed by atoms with van der Waals surface area (Å²) < 4.78 is 25.8. The van der Waals surface area contributed by atoms with Gasteiger partial charge in [-0.1, -0.05) is 26.3 Å². The monoisotopic (exact) mass is 299 g/mol. The molecule has 0 aliphatic rings. The maximum atomic E-state index is 13.0. The topological polar surface area (TPSA) is 66.4 Å². The molecule has 0 spiro atoms. The minimum Gasteiger partial charge on any atom is -0.480 e. The number of carbonyl (C=O) groups is 2. The van der Waals surface area contributed by atoms with Gasteiger partial charge in [0.2, 0.25) is 5.91 Å². The van der Waals surface area contributed by atoms with Gasteiger partial charge in [0.05, 0.1) is 0 Å². The van der Waals surface area contributed by atoms with Crippen LogP contribution in [0, 0.1) is 17.6 Å². The third-order valence-corrected chi connectivity index (χ3v) is 3.42. The van der Waals surface area contributed by atoms with Crippen LogP contribution in [0.5, 0.6) is 0 Å². The van der Waals surface area contributed by atoms with Crippen LogP contribution in [0.2, 0.25) is 0 Å². The van der Waals surface area contributed by atoms with E-state index in [4.69, 9.17) is 5.11 Å². The first-order chi connectivity index (χ1) is 9.85. The second-order valence-corrected chi connectivity index (χ2v) is 5.02. The van der Waals surface area contributed by atoms with E-state index in [2.05, 4.69) is 5.32 Å². The van der Waals surface area contributed by atoms with Crippen molar-refractivity contribution in [3.8, 4) is 0 Å². The van der Waals surface area contributed by atoms with Crippen LogP contribution in [0.15, 0.2) is 18.2 Å². The molecule has 2 atom stereocenters.